The van der Waals surface area contributed by atoms with Crippen LogP contribution in [0.2, 0.25) is 0 Å². The van der Waals surface area contributed by atoms with Gasteiger partial charge in [-0.05, 0) is 67.6 Å². The monoisotopic (exact) mass is 476 g/mol. The van der Waals surface area contributed by atoms with E-state index in [1.807, 2.05) is 54.6 Å². The summed E-state index contributed by atoms with van der Waals surface area (Å²) >= 11 is 0. The number of benzene rings is 3. The van der Waals surface area contributed by atoms with Gasteiger partial charge in [-0.3, -0.25) is 9.59 Å². The van der Waals surface area contributed by atoms with Gasteiger partial charge in [-0.2, -0.15) is 0 Å². The van der Waals surface area contributed by atoms with Crippen molar-refractivity contribution in [2.45, 2.75) is 46.1 Å². The van der Waals surface area contributed by atoms with Crippen LogP contribution < -0.4 is 4.74 Å². The largest absolute Gasteiger partial charge is 0.507 e. The van der Waals surface area contributed by atoms with Gasteiger partial charge in [0.1, 0.15) is 18.1 Å². The Morgan fingerprint density at radius 3 is 1.89 bits per heavy atom. The second kappa shape index (κ2) is 13.2. The van der Waals surface area contributed by atoms with E-state index in [0.717, 1.165) is 22.3 Å². The maximum atomic E-state index is 11.8. The smallest absolute Gasteiger partial charge is 0.306 e. The molecule has 0 spiro atoms. The van der Waals surface area contributed by atoms with Crippen molar-refractivity contribution in [2.24, 2.45) is 0 Å². The molecule has 1 N–H and O–H groups in total. The summed E-state index contributed by atoms with van der Waals surface area (Å²) in [6, 6.07) is 20.9. The second-order valence-corrected chi connectivity index (χ2v) is 8.07. The Morgan fingerprint density at radius 1 is 0.714 bits per heavy atom. The minimum absolute atomic E-state index is 0.108. The van der Waals surface area contributed by atoms with Crippen molar-refractivity contribution in [3.63, 3.8) is 0 Å². The molecule has 0 heterocycles. The first-order valence-electron chi connectivity index (χ1n) is 11.9. The quantitative estimate of drug-likeness (QED) is 0.341. The van der Waals surface area contributed by atoms with Gasteiger partial charge in [-0.25, -0.2) is 0 Å². The van der Waals surface area contributed by atoms with E-state index < -0.39 is 0 Å². The zero-order valence-corrected chi connectivity index (χ0v) is 20.3. The molecule has 6 heteroatoms. The van der Waals surface area contributed by atoms with Crippen LogP contribution in [0.4, 0.5) is 0 Å². The summed E-state index contributed by atoms with van der Waals surface area (Å²) in [7, 11) is 0. The number of ether oxygens (including phenoxy) is 3. The maximum Gasteiger partial charge on any atom is 0.306 e. The fourth-order valence-electron chi connectivity index (χ4n) is 3.72. The van der Waals surface area contributed by atoms with Crippen molar-refractivity contribution in [3.05, 3.63) is 83.4 Å². The molecule has 0 saturated heterocycles. The average molecular weight is 477 g/mol. The molecule has 35 heavy (non-hydrogen) atoms. The van der Waals surface area contributed by atoms with Crippen LogP contribution in [0, 0.1) is 0 Å². The molecule has 0 saturated carbocycles. The van der Waals surface area contributed by atoms with E-state index >= 15 is 0 Å². The Hall–Kier alpha value is -3.80. The summed E-state index contributed by atoms with van der Waals surface area (Å²) in [5, 5.41) is 10.7. The third kappa shape index (κ3) is 7.88. The zero-order chi connectivity index (χ0) is 25.0. The first-order valence-corrected chi connectivity index (χ1v) is 11.9. The minimum Gasteiger partial charge on any atom is -0.507 e. The van der Waals surface area contributed by atoms with E-state index in [9.17, 15) is 14.7 Å². The molecule has 0 aromatic heterocycles. The highest BCUT2D eigenvalue weighted by Crippen LogP contribution is 2.38. The molecule has 0 aliphatic heterocycles. The highest BCUT2D eigenvalue weighted by atomic mass is 16.5. The lowest BCUT2D eigenvalue weighted by molar-refractivity contribution is -0.144. The molecule has 184 valence electrons. The van der Waals surface area contributed by atoms with E-state index in [1.54, 1.807) is 26.0 Å². The molecular weight excluding hydrogens is 444 g/mol. The second-order valence-electron chi connectivity index (χ2n) is 8.07. The molecule has 3 rings (SSSR count). The number of esters is 2. The summed E-state index contributed by atoms with van der Waals surface area (Å²) < 4.78 is 16.2. The zero-order valence-electron chi connectivity index (χ0n) is 20.3. The van der Waals surface area contributed by atoms with Crippen LogP contribution in [-0.4, -0.2) is 30.3 Å². The fourth-order valence-corrected chi connectivity index (χ4v) is 3.72. The van der Waals surface area contributed by atoms with E-state index in [-0.39, 0.29) is 30.5 Å². The normalized spacial score (nSPS) is 10.6. The number of hydrogen-bond acceptors (Lipinski definition) is 6. The van der Waals surface area contributed by atoms with Crippen molar-refractivity contribution in [1.82, 2.24) is 0 Å². The molecule has 0 amide bonds. The molecule has 0 radical (unpaired) electrons. The van der Waals surface area contributed by atoms with Crippen LogP contribution >= 0.6 is 0 Å². The van der Waals surface area contributed by atoms with E-state index in [1.165, 1.54) is 0 Å². The van der Waals surface area contributed by atoms with Gasteiger partial charge in [0.05, 0.1) is 13.2 Å². The summed E-state index contributed by atoms with van der Waals surface area (Å²) in [5.74, 6) is 0.223. The van der Waals surface area contributed by atoms with Crippen molar-refractivity contribution < 1.29 is 28.9 Å². The number of phenolic OH excluding ortho intramolecular Hbond substituents is 1. The SMILES string of the molecule is CCOC(=O)CCc1ccc(O)c(-c2cc(CCC(=O)OCC)ccc2OCc2ccccc2)c1. The van der Waals surface area contributed by atoms with Crippen molar-refractivity contribution >= 4 is 11.9 Å². The van der Waals surface area contributed by atoms with E-state index in [2.05, 4.69) is 0 Å². The maximum absolute atomic E-state index is 11.8. The van der Waals surface area contributed by atoms with E-state index in [4.69, 9.17) is 14.2 Å². The van der Waals surface area contributed by atoms with E-state index in [0.29, 0.717) is 44.0 Å². The number of hydrogen-bond donors (Lipinski definition) is 1. The summed E-state index contributed by atoms with van der Waals surface area (Å²) in [6.45, 7) is 4.64. The molecule has 0 aliphatic rings. The van der Waals surface area contributed by atoms with Gasteiger partial charge in [0, 0.05) is 24.0 Å². The fraction of sp³-hybridized carbons (Fsp3) is 0.310. The van der Waals surface area contributed by atoms with Gasteiger partial charge in [0.15, 0.2) is 0 Å². The molecule has 3 aromatic rings. The topological polar surface area (TPSA) is 82.1 Å². The average Bonchev–Trinajstić information content (AvgIpc) is 2.87. The molecule has 0 atom stereocenters. The van der Waals surface area contributed by atoms with Crippen LogP contribution in [0.5, 0.6) is 11.5 Å². The minimum atomic E-state index is -0.255. The van der Waals surface area contributed by atoms with Gasteiger partial charge in [-0.1, -0.05) is 42.5 Å². The summed E-state index contributed by atoms with van der Waals surface area (Å²) in [5.41, 5.74) is 4.18. The van der Waals surface area contributed by atoms with Gasteiger partial charge in [-0.15, -0.1) is 0 Å². The van der Waals surface area contributed by atoms with Gasteiger partial charge in [0.25, 0.3) is 0 Å². The lowest BCUT2D eigenvalue weighted by Crippen LogP contribution is -2.06. The summed E-state index contributed by atoms with van der Waals surface area (Å²) in [6.07, 6.45) is 1.53. The van der Waals surface area contributed by atoms with Crippen molar-refractivity contribution in [3.8, 4) is 22.6 Å². The predicted molar refractivity (Wildman–Crippen MR) is 134 cm³/mol. The van der Waals surface area contributed by atoms with Gasteiger partial charge in [0.2, 0.25) is 0 Å². The first kappa shape index (κ1) is 25.8. The van der Waals surface area contributed by atoms with Crippen LogP contribution in [0.15, 0.2) is 66.7 Å². The molecule has 6 nitrogen and oxygen atoms in total. The van der Waals surface area contributed by atoms with Crippen LogP contribution in [0.1, 0.15) is 43.4 Å². The highest BCUT2D eigenvalue weighted by Gasteiger charge is 2.15. The van der Waals surface area contributed by atoms with Gasteiger partial charge < -0.3 is 19.3 Å². The number of carbonyl (C=O) groups is 2. The van der Waals surface area contributed by atoms with Crippen molar-refractivity contribution in [1.29, 1.82) is 0 Å². The third-order valence-corrected chi connectivity index (χ3v) is 5.48. The molecule has 0 unspecified atom stereocenters. The first-order chi connectivity index (χ1) is 17.0. The lowest BCUT2D eigenvalue weighted by Gasteiger charge is -2.16. The molecular formula is C29H32O6. The lowest BCUT2D eigenvalue weighted by atomic mass is 9.96. The molecule has 0 bridgehead atoms. The van der Waals surface area contributed by atoms with Crippen molar-refractivity contribution in [2.75, 3.05) is 13.2 Å². The predicted octanol–water partition coefficient (Wildman–Crippen LogP) is 5.63. The standard InChI is InChI=1S/C29H32O6/c1-3-33-28(31)16-12-21-10-14-26(30)24(18-21)25-19-22(13-17-29(32)34-4-2)11-15-27(25)35-20-23-8-6-5-7-9-23/h5-11,14-15,18-19,30H,3-4,12-13,16-17,20H2,1-2H3. The Labute approximate surface area is 206 Å². The Morgan fingerprint density at radius 2 is 1.29 bits per heavy atom. The number of carbonyl (C=O) groups excluding carboxylic acids is 2. The van der Waals surface area contributed by atoms with Crippen LogP contribution in [0.25, 0.3) is 11.1 Å². The van der Waals surface area contributed by atoms with Crippen LogP contribution in [0.3, 0.4) is 0 Å². The number of aryl methyl sites for hydroxylation is 2. The third-order valence-electron chi connectivity index (χ3n) is 5.48. The Balaban J connectivity index is 1.89. The highest BCUT2D eigenvalue weighted by molar-refractivity contribution is 5.77. The molecule has 0 fully saturated rings. The molecule has 3 aromatic carbocycles. The molecule has 0 aliphatic carbocycles. The Bertz CT molecular complexity index is 1120. The van der Waals surface area contributed by atoms with Gasteiger partial charge >= 0.3 is 11.9 Å². The number of rotatable bonds is 12. The summed E-state index contributed by atoms with van der Waals surface area (Å²) in [4.78, 5) is 23.6. The Kier molecular flexibility index (Phi) is 9.72. The number of phenols is 1. The van der Waals surface area contributed by atoms with Crippen LogP contribution in [-0.2, 0) is 38.5 Å². The number of aromatic hydroxyl groups is 1.